The van der Waals surface area contributed by atoms with Crippen LogP contribution in [0.3, 0.4) is 0 Å². The first kappa shape index (κ1) is 12.7. The monoisotopic (exact) mass is 245 g/mol. The summed E-state index contributed by atoms with van der Waals surface area (Å²) in [6, 6.07) is 3.72. The quantitative estimate of drug-likeness (QED) is 0.800. The number of halogens is 1. The number of hydrogen-bond donors (Lipinski definition) is 2. The second-order valence-electron chi connectivity index (χ2n) is 3.46. The van der Waals surface area contributed by atoms with Crippen LogP contribution in [-0.2, 0) is 0 Å². The average molecular weight is 246 g/mol. The smallest absolute Gasteiger partial charge is 0.123 e. The van der Waals surface area contributed by atoms with Crippen molar-refractivity contribution in [2.24, 2.45) is 5.73 Å². The first-order valence-corrected chi connectivity index (χ1v) is 5.81. The van der Waals surface area contributed by atoms with Gasteiger partial charge in [-0.25, -0.2) is 0 Å². The lowest BCUT2D eigenvalue weighted by Gasteiger charge is -2.16. The zero-order valence-electron chi connectivity index (χ0n) is 8.96. The minimum absolute atomic E-state index is 0.0736. The van der Waals surface area contributed by atoms with Crippen molar-refractivity contribution in [3.8, 4) is 5.75 Å². The first-order chi connectivity index (χ1) is 7.10. The Hall–Kier alpha value is -0.380. The molecule has 1 unspecified atom stereocenters. The van der Waals surface area contributed by atoms with Gasteiger partial charge in [0.2, 0.25) is 0 Å². The molecule has 1 atom stereocenters. The third-order valence-corrected chi connectivity index (χ3v) is 3.02. The molecular weight excluding hydrogens is 230 g/mol. The van der Waals surface area contributed by atoms with E-state index in [9.17, 15) is 0 Å². The predicted molar refractivity (Wildman–Crippen MR) is 68.1 cm³/mol. The summed E-state index contributed by atoms with van der Waals surface area (Å²) in [7, 11) is 1.64. The summed E-state index contributed by atoms with van der Waals surface area (Å²) in [6.07, 6.45) is 0.804. The molecule has 0 aliphatic carbocycles. The molecule has 0 aliphatic rings. The summed E-state index contributed by atoms with van der Waals surface area (Å²) in [5.74, 6) is 1.54. The number of ether oxygens (including phenoxy) is 1. The number of thiol groups is 1. The van der Waals surface area contributed by atoms with Crippen molar-refractivity contribution in [2.45, 2.75) is 19.4 Å². The van der Waals surface area contributed by atoms with Crippen molar-refractivity contribution in [2.75, 3.05) is 12.9 Å². The highest BCUT2D eigenvalue weighted by Gasteiger charge is 2.13. The molecule has 0 aliphatic heterocycles. The third kappa shape index (κ3) is 3.03. The Morgan fingerprint density at radius 1 is 1.53 bits per heavy atom. The maximum atomic E-state index is 6.06. The van der Waals surface area contributed by atoms with Gasteiger partial charge >= 0.3 is 0 Å². The molecule has 84 valence electrons. The van der Waals surface area contributed by atoms with Crippen LogP contribution in [0.5, 0.6) is 5.75 Å². The molecule has 0 radical (unpaired) electrons. The predicted octanol–water partition coefficient (Wildman–Crippen LogP) is 2.98. The van der Waals surface area contributed by atoms with Crippen molar-refractivity contribution in [1.82, 2.24) is 0 Å². The van der Waals surface area contributed by atoms with Gasteiger partial charge in [0.05, 0.1) is 7.11 Å². The Kier molecular flexibility index (Phi) is 4.77. The molecule has 2 nitrogen and oxygen atoms in total. The fourth-order valence-corrected chi connectivity index (χ4v) is 1.88. The van der Waals surface area contributed by atoms with E-state index in [-0.39, 0.29) is 6.04 Å². The molecule has 0 saturated heterocycles. The molecule has 15 heavy (non-hydrogen) atoms. The molecule has 4 heteroatoms. The minimum Gasteiger partial charge on any atom is -0.496 e. The number of rotatable bonds is 4. The Labute approximate surface area is 101 Å². The molecule has 2 N–H and O–H groups in total. The summed E-state index contributed by atoms with van der Waals surface area (Å²) in [4.78, 5) is 0. The normalized spacial score (nSPS) is 12.6. The summed E-state index contributed by atoms with van der Waals surface area (Å²) >= 11 is 10.2. The maximum Gasteiger partial charge on any atom is 0.123 e. The lowest BCUT2D eigenvalue weighted by atomic mass is 10.0. The molecule has 0 aromatic heterocycles. The van der Waals surface area contributed by atoms with Crippen LogP contribution < -0.4 is 10.5 Å². The highest BCUT2D eigenvalue weighted by Crippen LogP contribution is 2.31. The van der Waals surface area contributed by atoms with Gasteiger partial charge in [0.1, 0.15) is 5.75 Å². The molecule has 1 rings (SSSR count). The van der Waals surface area contributed by atoms with Crippen LogP contribution in [0, 0.1) is 6.92 Å². The second kappa shape index (κ2) is 5.64. The number of benzene rings is 1. The summed E-state index contributed by atoms with van der Waals surface area (Å²) in [6.45, 7) is 1.94. The van der Waals surface area contributed by atoms with E-state index in [4.69, 9.17) is 22.1 Å². The summed E-state index contributed by atoms with van der Waals surface area (Å²) in [5, 5.41) is 0.723. The Balaban J connectivity index is 3.09. The molecular formula is C11H16ClNOS. The van der Waals surface area contributed by atoms with E-state index in [1.54, 1.807) is 7.11 Å². The lowest BCUT2D eigenvalue weighted by molar-refractivity contribution is 0.405. The standard InChI is InChI=1S/C11H16ClNOS/c1-7-5-11(14-2)8(6-9(7)12)10(13)3-4-15/h5-6,10,15H,3-4,13H2,1-2H3. The van der Waals surface area contributed by atoms with Crippen LogP contribution in [0.2, 0.25) is 5.02 Å². The van der Waals surface area contributed by atoms with E-state index in [0.717, 1.165) is 34.1 Å². The van der Waals surface area contributed by atoms with E-state index in [0.29, 0.717) is 0 Å². The number of methoxy groups -OCH3 is 1. The van der Waals surface area contributed by atoms with Crippen LogP contribution in [0.4, 0.5) is 0 Å². The van der Waals surface area contributed by atoms with Crippen LogP contribution in [0.1, 0.15) is 23.6 Å². The minimum atomic E-state index is -0.0736. The van der Waals surface area contributed by atoms with Gasteiger partial charge in [-0.3, -0.25) is 0 Å². The Morgan fingerprint density at radius 2 is 2.20 bits per heavy atom. The highest BCUT2D eigenvalue weighted by atomic mass is 35.5. The van der Waals surface area contributed by atoms with Gasteiger partial charge in [0.25, 0.3) is 0 Å². The van der Waals surface area contributed by atoms with Gasteiger partial charge in [-0.05, 0) is 36.8 Å². The van der Waals surface area contributed by atoms with Gasteiger partial charge < -0.3 is 10.5 Å². The van der Waals surface area contributed by atoms with Crippen LogP contribution in [0.25, 0.3) is 0 Å². The average Bonchev–Trinajstić information content (AvgIpc) is 2.21. The van der Waals surface area contributed by atoms with Crippen molar-refractivity contribution in [3.63, 3.8) is 0 Å². The largest absolute Gasteiger partial charge is 0.496 e. The molecule has 0 spiro atoms. The third-order valence-electron chi connectivity index (χ3n) is 2.35. The van der Waals surface area contributed by atoms with Crippen molar-refractivity contribution < 1.29 is 4.74 Å². The zero-order chi connectivity index (χ0) is 11.4. The molecule has 1 aromatic rings. The van der Waals surface area contributed by atoms with Gasteiger partial charge in [0.15, 0.2) is 0 Å². The summed E-state index contributed by atoms with van der Waals surface area (Å²) < 4.78 is 5.29. The zero-order valence-corrected chi connectivity index (χ0v) is 10.6. The maximum absolute atomic E-state index is 6.06. The molecule has 0 fully saturated rings. The second-order valence-corrected chi connectivity index (χ2v) is 4.32. The molecule has 0 heterocycles. The highest BCUT2D eigenvalue weighted by molar-refractivity contribution is 7.80. The fourth-order valence-electron chi connectivity index (χ4n) is 1.43. The van der Waals surface area contributed by atoms with Crippen molar-refractivity contribution >= 4 is 24.2 Å². The SMILES string of the molecule is COc1cc(C)c(Cl)cc1C(N)CCS. The van der Waals surface area contributed by atoms with Crippen LogP contribution in [-0.4, -0.2) is 12.9 Å². The Bertz CT molecular complexity index is 344. The number of aryl methyl sites for hydroxylation is 1. The number of hydrogen-bond acceptors (Lipinski definition) is 3. The molecule has 1 aromatic carbocycles. The summed E-state index contributed by atoms with van der Waals surface area (Å²) in [5.41, 5.74) is 7.96. The van der Waals surface area contributed by atoms with E-state index in [1.807, 2.05) is 19.1 Å². The fraction of sp³-hybridized carbons (Fsp3) is 0.455. The van der Waals surface area contributed by atoms with Crippen molar-refractivity contribution in [1.29, 1.82) is 0 Å². The molecule has 0 saturated carbocycles. The van der Waals surface area contributed by atoms with Gasteiger partial charge in [-0.15, -0.1) is 0 Å². The van der Waals surface area contributed by atoms with Gasteiger partial charge in [-0.2, -0.15) is 12.6 Å². The van der Waals surface area contributed by atoms with Gasteiger partial charge in [0, 0.05) is 16.6 Å². The van der Waals surface area contributed by atoms with E-state index < -0.39 is 0 Å². The van der Waals surface area contributed by atoms with E-state index >= 15 is 0 Å². The van der Waals surface area contributed by atoms with Crippen LogP contribution in [0.15, 0.2) is 12.1 Å². The van der Waals surface area contributed by atoms with Crippen molar-refractivity contribution in [3.05, 3.63) is 28.3 Å². The van der Waals surface area contributed by atoms with E-state index in [1.165, 1.54) is 0 Å². The lowest BCUT2D eigenvalue weighted by Crippen LogP contribution is -2.12. The van der Waals surface area contributed by atoms with Crippen LogP contribution >= 0.6 is 24.2 Å². The number of nitrogens with two attached hydrogens (primary N) is 1. The van der Waals surface area contributed by atoms with Gasteiger partial charge in [-0.1, -0.05) is 11.6 Å². The van der Waals surface area contributed by atoms with E-state index in [2.05, 4.69) is 12.6 Å². The topological polar surface area (TPSA) is 35.2 Å². The first-order valence-electron chi connectivity index (χ1n) is 4.80. The molecule has 0 bridgehead atoms. The Morgan fingerprint density at radius 3 is 2.73 bits per heavy atom. The molecule has 0 amide bonds.